The third-order valence-corrected chi connectivity index (χ3v) is 3.29. The zero-order valence-corrected chi connectivity index (χ0v) is 9.24. The van der Waals surface area contributed by atoms with Gasteiger partial charge >= 0.3 is 6.18 Å². The van der Waals surface area contributed by atoms with Gasteiger partial charge in [0.15, 0.2) is 0 Å². The zero-order chi connectivity index (χ0) is 11.3. The lowest BCUT2D eigenvalue weighted by Gasteiger charge is -2.26. The normalized spacial score (nSPS) is 22.4. The molecule has 1 atom stereocenters. The molecule has 0 bridgehead atoms. The van der Waals surface area contributed by atoms with Crippen molar-refractivity contribution in [1.82, 2.24) is 5.32 Å². The second-order valence-electron chi connectivity index (χ2n) is 4.47. The van der Waals surface area contributed by atoms with E-state index in [9.17, 15) is 13.2 Å². The third kappa shape index (κ3) is 4.87. The van der Waals surface area contributed by atoms with E-state index in [0.29, 0.717) is 0 Å². The molecule has 1 fully saturated rings. The summed E-state index contributed by atoms with van der Waals surface area (Å²) in [5.41, 5.74) is 0. The van der Waals surface area contributed by atoms with E-state index >= 15 is 0 Å². The van der Waals surface area contributed by atoms with Crippen LogP contribution in [-0.4, -0.2) is 19.3 Å². The minimum absolute atomic E-state index is 0.208. The van der Waals surface area contributed by atoms with Crippen LogP contribution in [-0.2, 0) is 0 Å². The van der Waals surface area contributed by atoms with Crippen LogP contribution in [0.4, 0.5) is 13.2 Å². The lowest BCUT2D eigenvalue weighted by molar-refractivity contribution is -0.143. The first-order chi connectivity index (χ1) is 7.03. The molecule has 1 aliphatic rings. The molecule has 0 heterocycles. The number of halogens is 3. The van der Waals surface area contributed by atoms with Crippen LogP contribution in [0.3, 0.4) is 0 Å². The van der Waals surface area contributed by atoms with Crippen LogP contribution in [0.2, 0.25) is 0 Å². The highest BCUT2D eigenvalue weighted by atomic mass is 19.4. The largest absolute Gasteiger partial charge is 0.390 e. The van der Waals surface area contributed by atoms with Crippen LogP contribution in [0.5, 0.6) is 0 Å². The number of hydrogen-bond donors (Lipinski definition) is 1. The van der Waals surface area contributed by atoms with Crippen LogP contribution in [0, 0.1) is 5.92 Å². The molecule has 0 aromatic rings. The molecule has 0 radical (unpaired) electrons. The first-order valence-electron chi connectivity index (χ1n) is 5.77. The summed E-state index contributed by atoms with van der Waals surface area (Å²) in [6, 6.07) is -0.386. The van der Waals surface area contributed by atoms with Gasteiger partial charge in [0.1, 0.15) is 0 Å². The van der Waals surface area contributed by atoms with Gasteiger partial charge in [0.2, 0.25) is 0 Å². The second kappa shape index (κ2) is 5.73. The fourth-order valence-electron chi connectivity index (χ4n) is 2.47. The molecule has 0 aliphatic heterocycles. The molecule has 0 saturated heterocycles. The van der Waals surface area contributed by atoms with E-state index < -0.39 is 12.6 Å². The van der Waals surface area contributed by atoms with Gasteiger partial charge in [-0.15, -0.1) is 0 Å². The Balaban J connectivity index is 2.48. The minimum Gasteiger partial charge on any atom is -0.316 e. The number of hydrogen-bond acceptors (Lipinski definition) is 1. The van der Waals surface area contributed by atoms with Gasteiger partial charge in [-0.25, -0.2) is 0 Å². The lowest BCUT2D eigenvalue weighted by Crippen LogP contribution is -2.37. The van der Waals surface area contributed by atoms with Gasteiger partial charge in [-0.3, -0.25) is 0 Å². The van der Waals surface area contributed by atoms with Crippen molar-refractivity contribution in [3.05, 3.63) is 0 Å². The Labute approximate surface area is 89.4 Å². The van der Waals surface area contributed by atoms with Crippen LogP contribution in [0.1, 0.15) is 44.9 Å². The van der Waals surface area contributed by atoms with Gasteiger partial charge in [0, 0.05) is 6.04 Å². The molecule has 1 unspecified atom stereocenters. The Morgan fingerprint density at radius 3 is 2.07 bits per heavy atom. The molecule has 1 aliphatic carbocycles. The van der Waals surface area contributed by atoms with Gasteiger partial charge in [-0.05, 0) is 25.8 Å². The molecule has 0 aromatic carbocycles. The van der Waals surface area contributed by atoms with E-state index in [1.54, 1.807) is 7.05 Å². The maximum Gasteiger partial charge on any atom is 0.390 e. The van der Waals surface area contributed by atoms with Crippen molar-refractivity contribution >= 4 is 0 Å². The number of alkyl halides is 3. The lowest BCUT2D eigenvalue weighted by atomic mass is 9.90. The molecule has 4 heteroatoms. The minimum atomic E-state index is -4.04. The summed E-state index contributed by atoms with van der Waals surface area (Å²) in [5.74, 6) is 0.208. The monoisotopic (exact) mass is 223 g/mol. The average molecular weight is 223 g/mol. The highest BCUT2D eigenvalue weighted by Gasteiger charge is 2.34. The first kappa shape index (κ1) is 12.8. The van der Waals surface area contributed by atoms with Crippen molar-refractivity contribution < 1.29 is 13.2 Å². The maximum atomic E-state index is 12.3. The van der Waals surface area contributed by atoms with Gasteiger partial charge in [0.25, 0.3) is 0 Å². The summed E-state index contributed by atoms with van der Waals surface area (Å²) in [4.78, 5) is 0. The van der Waals surface area contributed by atoms with E-state index in [1.807, 2.05) is 0 Å². The zero-order valence-electron chi connectivity index (χ0n) is 9.24. The quantitative estimate of drug-likeness (QED) is 0.722. The van der Waals surface area contributed by atoms with Gasteiger partial charge in [0.05, 0.1) is 6.42 Å². The van der Waals surface area contributed by atoms with Gasteiger partial charge < -0.3 is 5.32 Å². The number of rotatable bonds is 3. The summed E-state index contributed by atoms with van der Waals surface area (Å²) in [6.45, 7) is 0. The fourth-order valence-corrected chi connectivity index (χ4v) is 2.47. The molecular weight excluding hydrogens is 203 g/mol. The first-order valence-corrected chi connectivity index (χ1v) is 5.77. The smallest absolute Gasteiger partial charge is 0.316 e. The summed E-state index contributed by atoms with van der Waals surface area (Å²) >= 11 is 0. The predicted octanol–water partition coefficient (Wildman–Crippen LogP) is 3.50. The molecule has 0 spiro atoms. The Kier molecular flexibility index (Phi) is 4.90. The third-order valence-electron chi connectivity index (χ3n) is 3.29. The van der Waals surface area contributed by atoms with E-state index in [4.69, 9.17) is 0 Å². The average Bonchev–Trinajstić information content (AvgIpc) is 2.40. The second-order valence-corrected chi connectivity index (χ2v) is 4.47. The van der Waals surface area contributed by atoms with Crippen molar-refractivity contribution in [2.24, 2.45) is 5.92 Å². The molecule has 1 rings (SSSR count). The maximum absolute atomic E-state index is 12.3. The Bertz CT molecular complexity index is 171. The SMILES string of the molecule is CNC(CC(F)(F)F)C1CCCCCC1. The summed E-state index contributed by atoms with van der Waals surface area (Å²) in [5, 5.41) is 2.84. The molecule has 0 amide bonds. The van der Waals surface area contributed by atoms with Crippen molar-refractivity contribution in [3.63, 3.8) is 0 Å². The summed E-state index contributed by atoms with van der Waals surface area (Å²) in [7, 11) is 1.64. The van der Waals surface area contributed by atoms with E-state index in [2.05, 4.69) is 5.32 Å². The van der Waals surface area contributed by atoms with Crippen molar-refractivity contribution in [3.8, 4) is 0 Å². The Morgan fingerprint density at radius 2 is 1.67 bits per heavy atom. The number of nitrogens with one attached hydrogen (secondary N) is 1. The van der Waals surface area contributed by atoms with Crippen LogP contribution in [0.15, 0.2) is 0 Å². The molecule has 0 aromatic heterocycles. The van der Waals surface area contributed by atoms with Crippen LogP contribution >= 0.6 is 0 Å². The Hall–Kier alpha value is -0.250. The molecule has 90 valence electrons. The van der Waals surface area contributed by atoms with Crippen molar-refractivity contribution in [1.29, 1.82) is 0 Å². The van der Waals surface area contributed by atoms with E-state index in [1.165, 1.54) is 12.8 Å². The van der Waals surface area contributed by atoms with Gasteiger partial charge in [-0.2, -0.15) is 13.2 Å². The highest BCUT2D eigenvalue weighted by molar-refractivity contribution is 4.79. The predicted molar refractivity (Wildman–Crippen MR) is 54.7 cm³/mol. The molecule has 1 saturated carbocycles. The Morgan fingerprint density at radius 1 is 1.13 bits per heavy atom. The van der Waals surface area contributed by atoms with Crippen molar-refractivity contribution in [2.45, 2.75) is 57.2 Å². The molecular formula is C11H20F3N. The molecule has 1 N–H and O–H groups in total. The summed E-state index contributed by atoms with van der Waals surface area (Å²) in [6.07, 6.45) is 1.69. The fraction of sp³-hybridized carbons (Fsp3) is 1.00. The standard InChI is InChI=1S/C11H20F3N/c1-15-10(8-11(12,13)14)9-6-4-2-3-5-7-9/h9-10,15H,2-8H2,1H3. The molecule has 15 heavy (non-hydrogen) atoms. The van der Waals surface area contributed by atoms with Gasteiger partial charge in [-0.1, -0.05) is 25.7 Å². The van der Waals surface area contributed by atoms with E-state index in [0.717, 1.165) is 25.7 Å². The van der Waals surface area contributed by atoms with Crippen LogP contribution in [0.25, 0.3) is 0 Å². The van der Waals surface area contributed by atoms with Crippen LogP contribution < -0.4 is 5.32 Å². The van der Waals surface area contributed by atoms with E-state index in [-0.39, 0.29) is 12.0 Å². The topological polar surface area (TPSA) is 12.0 Å². The summed E-state index contributed by atoms with van der Waals surface area (Å²) < 4.78 is 36.9. The molecule has 1 nitrogen and oxygen atoms in total. The highest BCUT2D eigenvalue weighted by Crippen LogP contribution is 2.31. The van der Waals surface area contributed by atoms with Crippen molar-refractivity contribution in [2.75, 3.05) is 7.05 Å².